The summed E-state index contributed by atoms with van der Waals surface area (Å²) < 4.78 is 5.69. The smallest absolute Gasteiger partial charge is 0.232 e. The molecule has 2 aromatic rings. The summed E-state index contributed by atoms with van der Waals surface area (Å²) >= 11 is 6.03. The third kappa shape index (κ3) is 4.16. The Balaban J connectivity index is 1.47. The minimum atomic E-state index is 0.547. The molecule has 1 aromatic carbocycles. The maximum atomic E-state index is 6.03. The number of hydrogen-bond donors (Lipinski definition) is 0. The van der Waals surface area contributed by atoms with E-state index in [0.29, 0.717) is 18.4 Å². The van der Waals surface area contributed by atoms with Gasteiger partial charge in [-0.2, -0.15) is 0 Å². The van der Waals surface area contributed by atoms with Gasteiger partial charge in [-0.05, 0) is 30.7 Å². The highest BCUT2D eigenvalue weighted by Crippen LogP contribution is 2.20. The standard InChI is InChI=1S/C16H18ClN3O/c17-15-3-1-2-13(8-15)10-20-7-4-14(11-20)12-21-16-9-18-5-6-19-16/h1-3,5-6,8-9,14H,4,7,10-12H2. The highest BCUT2D eigenvalue weighted by atomic mass is 35.5. The first-order chi connectivity index (χ1) is 10.3. The molecule has 5 heteroatoms. The summed E-state index contributed by atoms with van der Waals surface area (Å²) in [7, 11) is 0. The van der Waals surface area contributed by atoms with Gasteiger partial charge in [-0.15, -0.1) is 0 Å². The van der Waals surface area contributed by atoms with Gasteiger partial charge >= 0.3 is 0 Å². The third-order valence-electron chi connectivity index (χ3n) is 3.67. The van der Waals surface area contributed by atoms with E-state index in [2.05, 4.69) is 20.9 Å². The van der Waals surface area contributed by atoms with E-state index in [1.54, 1.807) is 18.6 Å². The van der Waals surface area contributed by atoms with E-state index >= 15 is 0 Å². The fraction of sp³-hybridized carbons (Fsp3) is 0.375. The molecular weight excluding hydrogens is 286 g/mol. The number of rotatable bonds is 5. The van der Waals surface area contributed by atoms with Gasteiger partial charge in [0, 0.05) is 36.4 Å². The number of ether oxygens (including phenoxy) is 1. The van der Waals surface area contributed by atoms with Crippen molar-refractivity contribution in [3.05, 3.63) is 53.4 Å². The summed E-state index contributed by atoms with van der Waals surface area (Å²) in [6.45, 7) is 3.79. The van der Waals surface area contributed by atoms with Crippen LogP contribution in [0.3, 0.4) is 0 Å². The van der Waals surface area contributed by atoms with Crippen molar-refractivity contribution in [2.45, 2.75) is 13.0 Å². The predicted molar refractivity (Wildman–Crippen MR) is 82.4 cm³/mol. The molecule has 21 heavy (non-hydrogen) atoms. The quantitative estimate of drug-likeness (QED) is 0.851. The van der Waals surface area contributed by atoms with Crippen molar-refractivity contribution in [1.82, 2.24) is 14.9 Å². The Morgan fingerprint density at radius 3 is 3.10 bits per heavy atom. The predicted octanol–water partition coefficient (Wildman–Crippen LogP) is 3.03. The van der Waals surface area contributed by atoms with Gasteiger partial charge in [0.2, 0.25) is 5.88 Å². The molecule has 0 spiro atoms. The van der Waals surface area contributed by atoms with E-state index in [1.807, 2.05) is 18.2 Å². The lowest BCUT2D eigenvalue weighted by Gasteiger charge is -2.16. The molecule has 1 unspecified atom stereocenters. The average molecular weight is 304 g/mol. The van der Waals surface area contributed by atoms with Crippen molar-refractivity contribution in [2.24, 2.45) is 5.92 Å². The lowest BCUT2D eigenvalue weighted by atomic mass is 10.1. The fourth-order valence-electron chi connectivity index (χ4n) is 2.65. The van der Waals surface area contributed by atoms with Crippen LogP contribution in [0, 0.1) is 5.92 Å². The fourth-order valence-corrected chi connectivity index (χ4v) is 2.86. The van der Waals surface area contributed by atoms with Crippen molar-refractivity contribution in [1.29, 1.82) is 0 Å². The van der Waals surface area contributed by atoms with Crippen LogP contribution in [0.15, 0.2) is 42.9 Å². The largest absolute Gasteiger partial charge is 0.476 e. The minimum absolute atomic E-state index is 0.547. The molecule has 0 radical (unpaired) electrons. The van der Waals surface area contributed by atoms with Gasteiger partial charge in [0.05, 0.1) is 12.8 Å². The van der Waals surface area contributed by atoms with E-state index in [0.717, 1.165) is 31.1 Å². The average Bonchev–Trinajstić information content (AvgIpc) is 2.94. The van der Waals surface area contributed by atoms with Gasteiger partial charge in [-0.1, -0.05) is 23.7 Å². The highest BCUT2D eigenvalue weighted by molar-refractivity contribution is 6.30. The second kappa shape index (κ2) is 6.87. The Kier molecular flexibility index (Phi) is 4.68. The normalized spacial score (nSPS) is 18.8. The van der Waals surface area contributed by atoms with Crippen molar-refractivity contribution >= 4 is 11.6 Å². The van der Waals surface area contributed by atoms with E-state index in [1.165, 1.54) is 5.56 Å². The maximum Gasteiger partial charge on any atom is 0.232 e. The van der Waals surface area contributed by atoms with Gasteiger partial charge < -0.3 is 4.74 Å². The molecule has 4 nitrogen and oxygen atoms in total. The number of nitrogens with zero attached hydrogens (tertiary/aromatic N) is 3. The van der Waals surface area contributed by atoms with E-state index in [-0.39, 0.29) is 0 Å². The number of halogens is 1. The Bertz CT molecular complexity index is 579. The van der Waals surface area contributed by atoms with Crippen LogP contribution < -0.4 is 4.74 Å². The first-order valence-electron chi connectivity index (χ1n) is 7.15. The molecule has 1 fully saturated rings. The van der Waals surface area contributed by atoms with Crippen LogP contribution in [0.25, 0.3) is 0 Å². The first-order valence-corrected chi connectivity index (χ1v) is 7.53. The Labute approximate surface area is 129 Å². The van der Waals surface area contributed by atoms with Crippen molar-refractivity contribution in [3.8, 4) is 5.88 Å². The Morgan fingerprint density at radius 2 is 2.29 bits per heavy atom. The van der Waals surface area contributed by atoms with E-state index in [9.17, 15) is 0 Å². The van der Waals surface area contributed by atoms with Crippen molar-refractivity contribution < 1.29 is 4.74 Å². The van der Waals surface area contributed by atoms with E-state index < -0.39 is 0 Å². The van der Waals surface area contributed by atoms with Crippen LogP contribution in [-0.4, -0.2) is 34.6 Å². The molecule has 0 saturated carbocycles. The molecule has 1 aliphatic heterocycles. The SMILES string of the molecule is Clc1cccc(CN2CCC(COc3cnccn3)C2)c1. The molecule has 1 aromatic heterocycles. The zero-order valence-corrected chi connectivity index (χ0v) is 12.5. The second-order valence-electron chi connectivity index (χ2n) is 5.37. The van der Waals surface area contributed by atoms with Crippen LogP contribution >= 0.6 is 11.6 Å². The minimum Gasteiger partial charge on any atom is -0.476 e. The zero-order valence-electron chi connectivity index (χ0n) is 11.8. The molecule has 0 aliphatic carbocycles. The van der Waals surface area contributed by atoms with Gasteiger partial charge in [0.15, 0.2) is 0 Å². The number of likely N-dealkylation sites (tertiary alicyclic amines) is 1. The molecule has 2 heterocycles. The molecule has 1 aliphatic rings. The van der Waals surface area contributed by atoms with Crippen LogP contribution in [-0.2, 0) is 6.54 Å². The van der Waals surface area contributed by atoms with Crippen molar-refractivity contribution in [2.75, 3.05) is 19.7 Å². The number of benzene rings is 1. The van der Waals surface area contributed by atoms with Crippen molar-refractivity contribution in [3.63, 3.8) is 0 Å². The molecule has 0 bridgehead atoms. The second-order valence-corrected chi connectivity index (χ2v) is 5.81. The number of hydrogen-bond acceptors (Lipinski definition) is 4. The summed E-state index contributed by atoms with van der Waals surface area (Å²) in [5.74, 6) is 1.15. The van der Waals surface area contributed by atoms with Gasteiger partial charge in [0.1, 0.15) is 0 Å². The molecule has 0 amide bonds. The summed E-state index contributed by atoms with van der Waals surface area (Å²) in [6, 6.07) is 8.06. The molecule has 110 valence electrons. The van der Waals surface area contributed by atoms with Gasteiger partial charge in [-0.3, -0.25) is 9.88 Å². The first kappa shape index (κ1) is 14.3. The zero-order chi connectivity index (χ0) is 14.5. The lowest BCUT2D eigenvalue weighted by Crippen LogP contribution is -2.22. The molecule has 0 N–H and O–H groups in total. The number of aromatic nitrogens is 2. The maximum absolute atomic E-state index is 6.03. The Hall–Kier alpha value is -1.65. The highest BCUT2D eigenvalue weighted by Gasteiger charge is 2.23. The monoisotopic (exact) mass is 303 g/mol. The van der Waals surface area contributed by atoms with Crippen LogP contribution in [0.5, 0.6) is 5.88 Å². The molecule has 1 atom stereocenters. The summed E-state index contributed by atoms with van der Waals surface area (Å²) in [6.07, 6.45) is 6.10. The van der Waals surface area contributed by atoms with Crippen LogP contribution in [0.4, 0.5) is 0 Å². The topological polar surface area (TPSA) is 38.2 Å². The van der Waals surface area contributed by atoms with Crippen LogP contribution in [0.1, 0.15) is 12.0 Å². The molecule has 3 rings (SSSR count). The third-order valence-corrected chi connectivity index (χ3v) is 3.91. The molecule has 1 saturated heterocycles. The molecular formula is C16H18ClN3O. The van der Waals surface area contributed by atoms with Gasteiger partial charge in [0.25, 0.3) is 0 Å². The van der Waals surface area contributed by atoms with E-state index in [4.69, 9.17) is 16.3 Å². The summed E-state index contributed by atoms with van der Waals surface area (Å²) in [5.41, 5.74) is 1.26. The van der Waals surface area contributed by atoms with Crippen LogP contribution in [0.2, 0.25) is 5.02 Å². The van der Waals surface area contributed by atoms with Gasteiger partial charge in [-0.25, -0.2) is 4.98 Å². The lowest BCUT2D eigenvalue weighted by molar-refractivity contribution is 0.231. The summed E-state index contributed by atoms with van der Waals surface area (Å²) in [4.78, 5) is 10.6. The Morgan fingerprint density at radius 1 is 1.33 bits per heavy atom. The summed E-state index contributed by atoms with van der Waals surface area (Å²) in [5, 5.41) is 0.800.